The number of nitrogens with one attached hydrogen (secondary N) is 2. The molecule has 0 spiro atoms. The number of ketones is 1. The van der Waals surface area contributed by atoms with Gasteiger partial charge in [0, 0.05) is 57.2 Å². The van der Waals surface area contributed by atoms with Crippen LogP contribution in [-0.2, 0) is 19.1 Å². The Hall–Kier alpha value is -5.05. The second kappa shape index (κ2) is 21.3. The number of ether oxygens (including phenoxy) is 2. The second-order valence-electron chi connectivity index (χ2n) is 19.6. The Labute approximate surface area is 382 Å². The lowest BCUT2D eigenvalue weighted by Gasteiger charge is -2.18. The third kappa shape index (κ3) is 10.6. The lowest BCUT2D eigenvalue weighted by molar-refractivity contribution is -0.143. The lowest BCUT2D eigenvalue weighted by atomic mass is 9.84. The van der Waals surface area contributed by atoms with Crippen LogP contribution in [0.4, 0.5) is 0 Å². The fraction of sp³-hybridized carbons (Fsp3) is 0.545. The molecular weight excluding hydrogens is 797 g/mol. The van der Waals surface area contributed by atoms with Crippen molar-refractivity contribution < 1.29 is 23.9 Å². The number of aromatic nitrogens is 4. The molecule has 8 bridgehead atoms. The maximum Gasteiger partial charge on any atom is 0.321 e. The molecule has 9 heteroatoms. The van der Waals surface area contributed by atoms with Gasteiger partial charge in [0.25, 0.3) is 0 Å². The van der Waals surface area contributed by atoms with E-state index in [1.165, 1.54) is 57.6 Å². The third-order valence-electron chi connectivity index (χ3n) is 14.4. The van der Waals surface area contributed by atoms with Crippen LogP contribution in [0, 0.1) is 31.6 Å². The molecule has 5 heterocycles. The number of allylic oxidation sites excluding steroid dienone is 3. The average molecular weight is 871 g/mol. The van der Waals surface area contributed by atoms with E-state index in [2.05, 4.69) is 91.0 Å². The van der Waals surface area contributed by atoms with E-state index in [9.17, 15) is 14.4 Å². The van der Waals surface area contributed by atoms with Gasteiger partial charge in [-0.2, -0.15) is 0 Å². The summed E-state index contributed by atoms with van der Waals surface area (Å²) < 4.78 is 11.1. The summed E-state index contributed by atoms with van der Waals surface area (Å²) in [4.78, 5) is 59.0. The van der Waals surface area contributed by atoms with Crippen LogP contribution in [0.1, 0.15) is 206 Å². The van der Waals surface area contributed by atoms with Crippen LogP contribution in [-0.4, -0.2) is 51.4 Å². The highest BCUT2D eigenvalue weighted by molar-refractivity contribution is 6.23. The van der Waals surface area contributed by atoms with E-state index >= 15 is 0 Å². The average Bonchev–Trinajstić information content (AvgIpc) is 3.99. The van der Waals surface area contributed by atoms with Gasteiger partial charge < -0.3 is 19.4 Å². The fourth-order valence-corrected chi connectivity index (χ4v) is 10.2. The molecule has 1 aliphatic carbocycles. The molecule has 64 heavy (non-hydrogen) atoms. The summed E-state index contributed by atoms with van der Waals surface area (Å²) in [5, 5.41) is 0. The quantitative estimate of drug-likeness (QED) is 0.0657. The number of hydrogen-bond acceptors (Lipinski definition) is 7. The second-order valence-corrected chi connectivity index (χ2v) is 19.6. The van der Waals surface area contributed by atoms with Crippen molar-refractivity contribution in [3.63, 3.8) is 0 Å². The minimum absolute atomic E-state index is 0.149. The minimum Gasteiger partial charge on any atom is -0.468 e. The molecule has 3 aromatic rings. The maximum atomic E-state index is 14.4. The molecule has 3 aliphatic rings. The van der Waals surface area contributed by atoms with Crippen LogP contribution in [0.3, 0.4) is 0 Å². The Morgan fingerprint density at radius 2 is 1.52 bits per heavy atom. The van der Waals surface area contributed by atoms with E-state index in [-0.39, 0.29) is 36.6 Å². The number of fused-ring (bicyclic) bond motifs is 8. The topological polar surface area (TPSA) is 127 Å². The molecular formula is C55H74N4O5. The largest absolute Gasteiger partial charge is 0.468 e. The zero-order chi connectivity index (χ0) is 46.4. The van der Waals surface area contributed by atoms with Gasteiger partial charge in [-0.1, -0.05) is 105 Å². The number of carbonyl (C=O) groups is 3. The fourth-order valence-electron chi connectivity index (χ4n) is 10.2. The number of aryl methyl sites for hydroxylation is 2. The first-order valence-electron chi connectivity index (χ1n) is 24.1. The van der Waals surface area contributed by atoms with E-state index < -0.39 is 11.9 Å². The van der Waals surface area contributed by atoms with Gasteiger partial charge in [0.15, 0.2) is 5.78 Å². The highest BCUT2D eigenvalue weighted by Gasteiger charge is 2.45. The Kier molecular flexibility index (Phi) is 16.1. The molecule has 6 rings (SSSR count). The van der Waals surface area contributed by atoms with E-state index in [0.717, 1.165) is 98.5 Å². The van der Waals surface area contributed by atoms with Crippen LogP contribution in [0.15, 0.2) is 36.4 Å². The van der Waals surface area contributed by atoms with Gasteiger partial charge in [-0.3, -0.25) is 19.4 Å². The summed E-state index contributed by atoms with van der Waals surface area (Å²) in [6.07, 6.45) is 16.6. The van der Waals surface area contributed by atoms with Crippen molar-refractivity contribution >= 4 is 57.0 Å². The highest BCUT2D eigenvalue weighted by atomic mass is 16.5. The molecule has 2 N–H and O–H groups in total. The number of nitrogens with zero attached hydrogens (tertiary/aromatic N) is 2. The maximum absolute atomic E-state index is 14.4. The summed E-state index contributed by atoms with van der Waals surface area (Å²) in [6.45, 7) is 26.2. The van der Waals surface area contributed by atoms with Crippen molar-refractivity contribution in [2.24, 2.45) is 17.8 Å². The zero-order valence-corrected chi connectivity index (χ0v) is 40.7. The molecule has 0 fully saturated rings. The first kappa shape index (κ1) is 48.4. The summed E-state index contributed by atoms with van der Waals surface area (Å²) in [7, 11) is 1.31. The first-order chi connectivity index (χ1) is 30.6. The summed E-state index contributed by atoms with van der Waals surface area (Å²) in [6, 6.07) is 6.14. The van der Waals surface area contributed by atoms with Crippen molar-refractivity contribution in [3.8, 4) is 0 Å². The molecule has 0 radical (unpaired) electrons. The van der Waals surface area contributed by atoms with Crippen LogP contribution < -0.4 is 0 Å². The predicted molar refractivity (Wildman–Crippen MR) is 262 cm³/mol. The standard InChI is InChI=1S/C55H74N4O5/c1-13-39-35(8)42-28-44-37(10)41(24-25-48(60)64-27-26-34(7)23-17-22-33(6)21-16-20-32(5)19-15-18-31(3)4)52(58-44)50-51(55(62)63-12)54(61)49-38(11)45(59-53(49)50)30-47-40(14-2)36(9)43(57-47)29-46(39)56-42/h13,26,28-33,37,41,51,56,59H,1,14-25,27H2,2-12H3/b34-26+,42-28?,43-29?,44-28?,45-30?,46-29?,47-30?,52-50?/t32-,33-,37?,41+,51?/m1/s1. The number of hydrogen-bond donors (Lipinski definition) is 2. The van der Waals surface area contributed by atoms with Gasteiger partial charge in [0.1, 0.15) is 12.5 Å². The number of rotatable bonds is 20. The van der Waals surface area contributed by atoms with Crippen molar-refractivity contribution in [3.05, 3.63) is 87.0 Å². The molecule has 344 valence electrons. The Morgan fingerprint density at radius 3 is 2.17 bits per heavy atom. The van der Waals surface area contributed by atoms with Gasteiger partial charge in [-0.25, -0.2) is 4.98 Å². The van der Waals surface area contributed by atoms with Crippen LogP contribution in [0.2, 0.25) is 0 Å². The van der Waals surface area contributed by atoms with Gasteiger partial charge in [0.2, 0.25) is 0 Å². The molecule has 0 amide bonds. The van der Waals surface area contributed by atoms with E-state index in [1.54, 1.807) is 0 Å². The predicted octanol–water partition coefficient (Wildman–Crippen LogP) is 14.0. The van der Waals surface area contributed by atoms with Gasteiger partial charge in [-0.15, -0.1) is 0 Å². The first-order valence-corrected chi connectivity index (χ1v) is 24.1. The zero-order valence-electron chi connectivity index (χ0n) is 40.7. The van der Waals surface area contributed by atoms with Crippen LogP contribution in [0.5, 0.6) is 0 Å². The van der Waals surface area contributed by atoms with Gasteiger partial charge >= 0.3 is 11.9 Å². The van der Waals surface area contributed by atoms with Crippen molar-refractivity contribution in [2.45, 2.75) is 164 Å². The molecule has 5 atom stereocenters. The molecule has 0 saturated carbocycles. The van der Waals surface area contributed by atoms with Crippen LogP contribution >= 0.6 is 0 Å². The molecule has 0 saturated heterocycles. The van der Waals surface area contributed by atoms with Crippen molar-refractivity contribution in [2.75, 3.05) is 13.7 Å². The molecule has 2 unspecified atom stereocenters. The minimum atomic E-state index is -1.18. The third-order valence-corrected chi connectivity index (χ3v) is 14.4. The van der Waals surface area contributed by atoms with E-state index in [1.807, 2.05) is 25.1 Å². The monoisotopic (exact) mass is 871 g/mol. The Morgan fingerprint density at radius 1 is 0.859 bits per heavy atom. The number of aromatic amines is 2. The van der Waals surface area contributed by atoms with E-state index in [4.69, 9.17) is 19.4 Å². The molecule has 9 nitrogen and oxygen atoms in total. The van der Waals surface area contributed by atoms with Crippen molar-refractivity contribution in [1.29, 1.82) is 0 Å². The Bertz CT molecular complexity index is 2480. The smallest absolute Gasteiger partial charge is 0.321 e. The number of Topliss-reactive ketones (excluding diaryl/α,β-unsaturated/α-hetero) is 1. The number of carbonyl (C=O) groups excluding carboxylic acids is 3. The number of methoxy groups -OCH3 is 1. The summed E-state index contributed by atoms with van der Waals surface area (Å²) >= 11 is 0. The number of H-pyrrole nitrogens is 2. The SMILES string of the molecule is C=Cc1c(C)c2cc3nc(c4c5[nH]c(cc6nc(cc1[nH]2)C(C)=C6CC)c(C)c5C(=O)C4C(=O)OC)[C@@H](CCC(=O)OC/C=C(\C)CCC[C@H](C)CCC[C@H](C)CCCC(C)C)C3C. The van der Waals surface area contributed by atoms with E-state index in [0.29, 0.717) is 28.8 Å². The van der Waals surface area contributed by atoms with Gasteiger partial charge in [-0.05, 0) is 118 Å². The summed E-state index contributed by atoms with van der Waals surface area (Å²) in [5.74, 6) is -0.519. The number of esters is 2. The molecule has 0 aromatic carbocycles. The van der Waals surface area contributed by atoms with Crippen LogP contribution in [0.25, 0.3) is 39.3 Å². The Balaban J connectivity index is 1.24. The van der Waals surface area contributed by atoms with Gasteiger partial charge in [0.05, 0.1) is 29.7 Å². The molecule has 3 aromatic heterocycles. The van der Waals surface area contributed by atoms with Crippen molar-refractivity contribution in [1.82, 2.24) is 19.9 Å². The highest BCUT2D eigenvalue weighted by Crippen LogP contribution is 2.48. The lowest BCUT2D eigenvalue weighted by Crippen LogP contribution is -2.21. The molecule has 2 aliphatic heterocycles. The summed E-state index contributed by atoms with van der Waals surface area (Å²) in [5.41, 5.74) is 13.4. The normalized spacial score (nSPS) is 18.2.